The summed E-state index contributed by atoms with van der Waals surface area (Å²) in [6, 6.07) is 0.818. The van der Waals surface area contributed by atoms with Crippen LogP contribution in [0.4, 0.5) is 26.3 Å². The maximum atomic E-state index is 14.1. The maximum absolute atomic E-state index is 14.1. The Labute approximate surface area is 152 Å². The second kappa shape index (κ2) is 6.89. The molecule has 1 atom stereocenters. The van der Waals surface area contributed by atoms with Crippen LogP contribution in [0, 0.1) is 5.82 Å². The first kappa shape index (κ1) is 19.8. The third kappa shape index (κ3) is 3.69. The minimum absolute atomic E-state index is 0.00629. The minimum Gasteiger partial charge on any atom is -0.463 e. The largest absolute Gasteiger partial charge is 0.463 e. The van der Waals surface area contributed by atoms with E-state index in [1.54, 1.807) is 0 Å². The molecule has 0 aromatic carbocycles. The predicted molar refractivity (Wildman–Crippen MR) is 81.0 cm³/mol. The van der Waals surface area contributed by atoms with Gasteiger partial charge in [-0.2, -0.15) is 22.0 Å². The van der Waals surface area contributed by atoms with Crippen LogP contribution in [0.15, 0.2) is 24.7 Å². The lowest BCUT2D eigenvalue weighted by atomic mass is 10.2. The number of fused-ring (bicyclic) bond motifs is 1. The monoisotopic (exact) mass is 407 g/mol. The molecule has 3 heterocycles. The van der Waals surface area contributed by atoms with E-state index < -0.39 is 35.9 Å². The number of methoxy groups -OCH3 is 1. The van der Waals surface area contributed by atoms with Gasteiger partial charge in [-0.15, -0.1) is 10.2 Å². The van der Waals surface area contributed by atoms with Crippen molar-refractivity contribution in [3.05, 3.63) is 36.3 Å². The number of ether oxygens (including phenoxy) is 2. The number of pyridine rings is 1. The number of hydrogen-bond acceptors (Lipinski definition) is 6. The zero-order chi connectivity index (χ0) is 20.7. The Morgan fingerprint density at radius 2 is 1.79 bits per heavy atom. The van der Waals surface area contributed by atoms with Gasteiger partial charge in [0.25, 0.3) is 5.88 Å². The van der Waals surface area contributed by atoms with Gasteiger partial charge < -0.3 is 9.47 Å². The molecule has 0 aliphatic heterocycles. The molecule has 3 aromatic heterocycles. The third-order valence-corrected chi connectivity index (χ3v) is 3.66. The first-order valence-corrected chi connectivity index (χ1v) is 7.56. The highest BCUT2D eigenvalue weighted by atomic mass is 19.4. The highest BCUT2D eigenvalue weighted by molar-refractivity contribution is 5.59. The Bertz CT molecular complexity index is 1010. The van der Waals surface area contributed by atoms with E-state index in [0.29, 0.717) is 6.92 Å². The average molecular weight is 407 g/mol. The molecule has 0 amide bonds. The third-order valence-electron chi connectivity index (χ3n) is 3.66. The molecule has 3 rings (SSSR count). The van der Waals surface area contributed by atoms with Gasteiger partial charge in [0.15, 0.2) is 17.6 Å². The van der Waals surface area contributed by atoms with Crippen LogP contribution in [0.3, 0.4) is 0 Å². The van der Waals surface area contributed by atoms with Crippen LogP contribution >= 0.6 is 0 Å². The van der Waals surface area contributed by atoms with Crippen molar-refractivity contribution in [1.29, 1.82) is 0 Å². The van der Waals surface area contributed by atoms with Crippen molar-refractivity contribution in [3.63, 3.8) is 0 Å². The molecule has 0 bridgehead atoms. The van der Waals surface area contributed by atoms with E-state index in [0.717, 1.165) is 36.2 Å². The van der Waals surface area contributed by atoms with Gasteiger partial charge in [-0.3, -0.25) is 9.38 Å². The summed E-state index contributed by atoms with van der Waals surface area (Å²) in [6.07, 6.45) is -7.53. The van der Waals surface area contributed by atoms with Crippen LogP contribution in [0.25, 0.3) is 16.9 Å². The quantitative estimate of drug-likeness (QED) is 0.604. The average Bonchev–Trinajstić information content (AvgIpc) is 3.06. The number of rotatable bonds is 5. The van der Waals surface area contributed by atoms with E-state index in [1.165, 1.54) is 0 Å². The van der Waals surface area contributed by atoms with Gasteiger partial charge in [0, 0.05) is 25.1 Å². The molecule has 0 aliphatic rings. The van der Waals surface area contributed by atoms with Crippen molar-refractivity contribution < 1.29 is 35.8 Å². The smallest absolute Gasteiger partial charge is 0.425 e. The number of hydrogen-bond donors (Lipinski definition) is 0. The van der Waals surface area contributed by atoms with Crippen LogP contribution < -0.4 is 4.74 Å². The predicted octanol–water partition coefficient (Wildman–Crippen LogP) is 3.35. The molecule has 28 heavy (non-hydrogen) atoms. The second-order valence-corrected chi connectivity index (χ2v) is 5.56. The molecule has 0 unspecified atom stereocenters. The molecular weight excluding hydrogens is 396 g/mol. The summed E-state index contributed by atoms with van der Waals surface area (Å²) in [4.78, 5) is 7.45. The van der Waals surface area contributed by atoms with E-state index in [1.807, 2.05) is 0 Å². The zero-order valence-electron chi connectivity index (χ0n) is 14.2. The summed E-state index contributed by atoms with van der Waals surface area (Å²) < 4.78 is 88.6. The van der Waals surface area contributed by atoms with Crippen molar-refractivity contribution in [1.82, 2.24) is 24.6 Å². The summed E-state index contributed by atoms with van der Waals surface area (Å²) in [5, 5.41) is 6.87. The van der Waals surface area contributed by atoms with Crippen molar-refractivity contribution >= 4 is 5.65 Å². The van der Waals surface area contributed by atoms with Crippen LogP contribution in [0.5, 0.6) is 5.88 Å². The highest BCUT2D eigenvalue weighted by Gasteiger charge is 2.39. The molecule has 0 radical (unpaired) electrons. The van der Waals surface area contributed by atoms with Crippen molar-refractivity contribution in [2.45, 2.75) is 25.3 Å². The number of nitrogens with zero attached hydrogens (tertiary/aromatic N) is 5. The Morgan fingerprint density at radius 1 is 1.07 bits per heavy atom. The van der Waals surface area contributed by atoms with E-state index in [2.05, 4.69) is 29.6 Å². The first-order valence-electron chi connectivity index (χ1n) is 7.56. The van der Waals surface area contributed by atoms with Crippen molar-refractivity contribution in [3.8, 4) is 17.1 Å². The van der Waals surface area contributed by atoms with Crippen LogP contribution in [0.1, 0.15) is 12.7 Å². The Kier molecular flexibility index (Phi) is 4.87. The van der Waals surface area contributed by atoms with Gasteiger partial charge in [0.2, 0.25) is 5.82 Å². The van der Waals surface area contributed by atoms with Crippen LogP contribution in [-0.4, -0.2) is 44.0 Å². The van der Waals surface area contributed by atoms with E-state index in [4.69, 9.17) is 0 Å². The second-order valence-electron chi connectivity index (χ2n) is 5.56. The molecule has 0 saturated carbocycles. The minimum atomic E-state index is -4.70. The number of aromatic nitrogens is 5. The van der Waals surface area contributed by atoms with Crippen LogP contribution in [-0.2, 0) is 10.8 Å². The van der Waals surface area contributed by atoms with E-state index >= 15 is 0 Å². The zero-order valence-corrected chi connectivity index (χ0v) is 14.2. The molecule has 150 valence electrons. The lowest BCUT2D eigenvalue weighted by Gasteiger charge is -2.17. The lowest BCUT2D eigenvalue weighted by molar-refractivity contribution is -0.237. The Hall–Kier alpha value is -2.96. The van der Waals surface area contributed by atoms with Gasteiger partial charge in [0.1, 0.15) is 0 Å². The van der Waals surface area contributed by atoms with Gasteiger partial charge in [-0.05, 0) is 13.0 Å². The van der Waals surface area contributed by atoms with Crippen molar-refractivity contribution in [2.75, 3.05) is 7.11 Å². The van der Waals surface area contributed by atoms with Gasteiger partial charge in [-0.1, -0.05) is 0 Å². The van der Waals surface area contributed by atoms with Gasteiger partial charge >= 0.3 is 12.3 Å². The highest BCUT2D eigenvalue weighted by Crippen LogP contribution is 2.29. The molecule has 3 aromatic rings. The Balaban J connectivity index is 1.97. The van der Waals surface area contributed by atoms with Gasteiger partial charge in [0.05, 0.1) is 11.9 Å². The molecule has 13 heteroatoms. The van der Waals surface area contributed by atoms with Crippen molar-refractivity contribution in [2.24, 2.45) is 0 Å². The summed E-state index contributed by atoms with van der Waals surface area (Å²) in [5.41, 5.74) is -0.0306. The topological polar surface area (TPSA) is 74.4 Å². The summed E-state index contributed by atoms with van der Waals surface area (Å²) >= 11 is 0. The molecular formula is C15H11F6N5O2. The standard InChI is InChI=1S/C15H11F6N5O2/c1-7(14(17,18)19)28-12-9(16)3-8(4-23-12)10-6-26-11(5-22-10)24-25-13(26)15(20,21)27-2/h3-7H,1-2H3/t7-/m1/s1. The summed E-state index contributed by atoms with van der Waals surface area (Å²) in [6.45, 7) is 0.702. The molecule has 7 nitrogen and oxygen atoms in total. The molecule has 0 fully saturated rings. The molecule has 0 saturated heterocycles. The Morgan fingerprint density at radius 3 is 2.39 bits per heavy atom. The molecule has 0 aliphatic carbocycles. The fourth-order valence-electron chi connectivity index (χ4n) is 2.13. The number of alkyl halides is 5. The van der Waals surface area contributed by atoms with Gasteiger partial charge in [-0.25, -0.2) is 9.37 Å². The van der Waals surface area contributed by atoms with E-state index in [-0.39, 0.29) is 16.9 Å². The maximum Gasteiger partial charge on any atom is 0.425 e. The fourth-order valence-corrected chi connectivity index (χ4v) is 2.13. The molecule has 0 N–H and O–H groups in total. The summed E-state index contributed by atoms with van der Waals surface area (Å²) in [7, 11) is 0.781. The molecule has 0 spiro atoms. The first-order chi connectivity index (χ1) is 13.0. The summed E-state index contributed by atoms with van der Waals surface area (Å²) in [5.74, 6) is -2.87. The fraction of sp³-hybridized carbons (Fsp3) is 0.333. The van der Waals surface area contributed by atoms with Crippen LogP contribution in [0.2, 0.25) is 0 Å². The SMILES string of the molecule is COC(F)(F)c1nnc2cnc(-c3cnc(O[C@H](C)C(F)(F)F)c(F)c3)cn12. The lowest BCUT2D eigenvalue weighted by Crippen LogP contribution is -2.31. The van der Waals surface area contributed by atoms with E-state index in [9.17, 15) is 26.3 Å². The number of halogens is 6. The normalized spacial score (nSPS) is 13.7.